The maximum Gasteiger partial charge on any atom is 0.242 e. The highest BCUT2D eigenvalue weighted by molar-refractivity contribution is 6.31. The number of hydrogen-bond acceptors (Lipinski definition) is 6. The van der Waals surface area contributed by atoms with Gasteiger partial charge in [-0.3, -0.25) is 0 Å². The standard InChI is InChI=1S/C17H18ClN5O2/c1-23-17(20-21-22-23)19-10-13-8-15(24-2)16(9-14(13)18)25-11-12-6-4-3-5-7-12/h3-9H,10-11H2,1-2H3,(H,19,20,22). The van der Waals surface area contributed by atoms with Gasteiger partial charge in [0.15, 0.2) is 11.5 Å². The number of aryl methyl sites for hydroxylation is 1. The smallest absolute Gasteiger partial charge is 0.242 e. The van der Waals surface area contributed by atoms with E-state index in [1.807, 2.05) is 36.4 Å². The summed E-state index contributed by atoms with van der Waals surface area (Å²) in [6.07, 6.45) is 0. The van der Waals surface area contributed by atoms with E-state index in [4.69, 9.17) is 21.1 Å². The molecule has 25 heavy (non-hydrogen) atoms. The SMILES string of the molecule is COc1cc(CNc2nnnn2C)c(Cl)cc1OCc1ccccc1. The molecule has 1 aromatic heterocycles. The van der Waals surface area contributed by atoms with Crippen LogP contribution in [-0.2, 0) is 20.2 Å². The number of hydrogen-bond donors (Lipinski definition) is 1. The maximum absolute atomic E-state index is 6.39. The molecule has 0 aliphatic rings. The third-order valence-electron chi connectivity index (χ3n) is 3.63. The first-order valence-corrected chi connectivity index (χ1v) is 8.04. The highest BCUT2D eigenvalue weighted by Gasteiger charge is 2.12. The summed E-state index contributed by atoms with van der Waals surface area (Å²) in [5, 5.41) is 14.9. The number of methoxy groups -OCH3 is 1. The molecule has 2 aromatic carbocycles. The Kier molecular flexibility index (Phi) is 5.35. The van der Waals surface area contributed by atoms with Crippen molar-refractivity contribution in [1.82, 2.24) is 20.2 Å². The lowest BCUT2D eigenvalue weighted by molar-refractivity contribution is 0.284. The lowest BCUT2D eigenvalue weighted by Gasteiger charge is -2.14. The lowest BCUT2D eigenvalue weighted by Crippen LogP contribution is -2.07. The first kappa shape index (κ1) is 17.0. The number of nitrogens with one attached hydrogen (secondary N) is 1. The fourth-order valence-corrected chi connectivity index (χ4v) is 2.49. The van der Waals surface area contributed by atoms with E-state index in [0.29, 0.717) is 35.6 Å². The highest BCUT2D eigenvalue weighted by Crippen LogP contribution is 2.34. The van der Waals surface area contributed by atoms with Crippen LogP contribution in [0.3, 0.4) is 0 Å². The summed E-state index contributed by atoms with van der Waals surface area (Å²) in [6, 6.07) is 13.5. The fourth-order valence-electron chi connectivity index (χ4n) is 2.27. The van der Waals surface area contributed by atoms with Crippen LogP contribution in [0.4, 0.5) is 5.95 Å². The number of aromatic nitrogens is 4. The van der Waals surface area contributed by atoms with E-state index < -0.39 is 0 Å². The molecule has 3 aromatic rings. The van der Waals surface area contributed by atoms with Crippen LogP contribution in [0, 0.1) is 0 Å². The number of benzene rings is 2. The number of anilines is 1. The first-order chi connectivity index (χ1) is 12.2. The molecule has 1 heterocycles. The molecular formula is C17H18ClN5O2. The van der Waals surface area contributed by atoms with Crippen LogP contribution < -0.4 is 14.8 Å². The minimum atomic E-state index is 0.440. The van der Waals surface area contributed by atoms with E-state index in [1.165, 1.54) is 0 Å². The predicted octanol–water partition coefficient (Wildman–Crippen LogP) is 3.06. The Morgan fingerprint density at radius 1 is 1.16 bits per heavy atom. The van der Waals surface area contributed by atoms with Crippen LogP contribution in [0.25, 0.3) is 0 Å². The molecule has 7 nitrogen and oxygen atoms in total. The van der Waals surface area contributed by atoms with Crippen molar-refractivity contribution in [2.24, 2.45) is 7.05 Å². The molecule has 0 spiro atoms. The van der Waals surface area contributed by atoms with Gasteiger partial charge in [0.25, 0.3) is 0 Å². The van der Waals surface area contributed by atoms with Gasteiger partial charge in [0.2, 0.25) is 5.95 Å². The maximum atomic E-state index is 6.39. The molecule has 130 valence electrons. The number of halogens is 1. The largest absolute Gasteiger partial charge is 0.493 e. The molecule has 0 bridgehead atoms. The number of tetrazole rings is 1. The van der Waals surface area contributed by atoms with Crippen molar-refractivity contribution >= 4 is 17.5 Å². The van der Waals surface area contributed by atoms with Crippen molar-refractivity contribution in [2.45, 2.75) is 13.2 Å². The molecule has 0 aliphatic heterocycles. The first-order valence-electron chi connectivity index (χ1n) is 7.66. The van der Waals surface area contributed by atoms with E-state index in [9.17, 15) is 0 Å². The summed E-state index contributed by atoms with van der Waals surface area (Å²) in [5.74, 6) is 1.77. The van der Waals surface area contributed by atoms with Crippen LogP contribution >= 0.6 is 11.6 Å². The highest BCUT2D eigenvalue weighted by atomic mass is 35.5. The molecular weight excluding hydrogens is 342 g/mol. The van der Waals surface area contributed by atoms with Crippen LogP contribution in [-0.4, -0.2) is 27.3 Å². The molecule has 0 saturated carbocycles. The van der Waals surface area contributed by atoms with E-state index in [1.54, 1.807) is 24.9 Å². The van der Waals surface area contributed by atoms with Crippen molar-refractivity contribution in [2.75, 3.05) is 12.4 Å². The third kappa shape index (κ3) is 4.19. The molecule has 0 radical (unpaired) electrons. The van der Waals surface area contributed by atoms with Gasteiger partial charge in [0, 0.05) is 24.7 Å². The van der Waals surface area contributed by atoms with Crippen molar-refractivity contribution in [3.8, 4) is 11.5 Å². The summed E-state index contributed by atoms with van der Waals surface area (Å²) >= 11 is 6.39. The summed E-state index contributed by atoms with van der Waals surface area (Å²) in [7, 11) is 3.35. The van der Waals surface area contributed by atoms with Crippen molar-refractivity contribution in [3.05, 3.63) is 58.6 Å². The molecule has 0 unspecified atom stereocenters. The van der Waals surface area contributed by atoms with Crippen molar-refractivity contribution < 1.29 is 9.47 Å². The average molecular weight is 360 g/mol. The van der Waals surface area contributed by atoms with E-state index in [0.717, 1.165) is 11.1 Å². The van der Waals surface area contributed by atoms with Gasteiger partial charge in [0.1, 0.15) is 6.61 Å². The van der Waals surface area contributed by atoms with E-state index >= 15 is 0 Å². The zero-order valence-electron chi connectivity index (χ0n) is 13.9. The van der Waals surface area contributed by atoms with E-state index in [-0.39, 0.29) is 0 Å². The quantitative estimate of drug-likeness (QED) is 0.698. The second kappa shape index (κ2) is 7.85. The minimum absolute atomic E-state index is 0.440. The Labute approximate surface area is 150 Å². The molecule has 0 aliphatic carbocycles. The van der Waals surface area contributed by atoms with Crippen molar-refractivity contribution in [3.63, 3.8) is 0 Å². The molecule has 8 heteroatoms. The van der Waals surface area contributed by atoms with Crippen LogP contribution in [0.2, 0.25) is 5.02 Å². The summed E-state index contributed by atoms with van der Waals surface area (Å²) in [6.45, 7) is 0.901. The zero-order chi connectivity index (χ0) is 17.6. The Balaban J connectivity index is 1.72. The normalized spacial score (nSPS) is 10.5. The predicted molar refractivity (Wildman–Crippen MR) is 94.9 cm³/mol. The second-order valence-electron chi connectivity index (χ2n) is 5.35. The average Bonchev–Trinajstić information content (AvgIpc) is 3.05. The van der Waals surface area contributed by atoms with Gasteiger partial charge in [-0.2, -0.15) is 0 Å². The Bertz CT molecular complexity index is 838. The molecule has 3 rings (SSSR count). The Hall–Kier alpha value is -2.80. The van der Waals surface area contributed by atoms with Gasteiger partial charge < -0.3 is 14.8 Å². The minimum Gasteiger partial charge on any atom is -0.493 e. The van der Waals surface area contributed by atoms with Gasteiger partial charge in [0.05, 0.1) is 7.11 Å². The number of nitrogens with zero attached hydrogens (tertiary/aromatic N) is 4. The lowest BCUT2D eigenvalue weighted by atomic mass is 10.2. The molecule has 0 saturated heterocycles. The van der Waals surface area contributed by atoms with Crippen LogP contribution in [0.1, 0.15) is 11.1 Å². The van der Waals surface area contributed by atoms with Crippen molar-refractivity contribution in [1.29, 1.82) is 0 Å². The van der Waals surface area contributed by atoms with Crippen LogP contribution in [0.15, 0.2) is 42.5 Å². The summed E-state index contributed by atoms with van der Waals surface area (Å²) in [4.78, 5) is 0. The topological polar surface area (TPSA) is 74.1 Å². The molecule has 0 fully saturated rings. The summed E-state index contributed by atoms with van der Waals surface area (Å²) < 4.78 is 12.8. The van der Waals surface area contributed by atoms with Gasteiger partial charge in [-0.05, 0) is 27.6 Å². The molecule has 0 atom stereocenters. The van der Waals surface area contributed by atoms with E-state index in [2.05, 4.69) is 20.8 Å². The fraction of sp³-hybridized carbons (Fsp3) is 0.235. The van der Waals surface area contributed by atoms with Gasteiger partial charge in [-0.1, -0.05) is 47.0 Å². The molecule has 0 amide bonds. The Morgan fingerprint density at radius 3 is 2.64 bits per heavy atom. The number of rotatable bonds is 7. The Morgan fingerprint density at radius 2 is 1.96 bits per heavy atom. The zero-order valence-corrected chi connectivity index (χ0v) is 14.7. The monoisotopic (exact) mass is 359 g/mol. The van der Waals surface area contributed by atoms with Crippen LogP contribution in [0.5, 0.6) is 11.5 Å². The molecule has 1 N–H and O–H groups in total. The third-order valence-corrected chi connectivity index (χ3v) is 3.98. The second-order valence-corrected chi connectivity index (χ2v) is 5.76. The van der Waals surface area contributed by atoms with Gasteiger partial charge in [-0.15, -0.1) is 0 Å². The van der Waals surface area contributed by atoms with Gasteiger partial charge >= 0.3 is 0 Å². The van der Waals surface area contributed by atoms with Gasteiger partial charge in [-0.25, -0.2) is 4.68 Å². The summed E-state index contributed by atoms with van der Waals surface area (Å²) in [5.41, 5.74) is 1.93. The number of ether oxygens (including phenoxy) is 2.